The molecule has 0 saturated carbocycles. The van der Waals surface area contributed by atoms with Gasteiger partial charge in [-0.3, -0.25) is 15.0 Å². The van der Waals surface area contributed by atoms with Gasteiger partial charge in [0.1, 0.15) is 5.69 Å². The van der Waals surface area contributed by atoms with Gasteiger partial charge < -0.3 is 10.2 Å². The number of nitrogens with zero attached hydrogens (tertiary/aromatic N) is 4. The number of carbonyl (C=O) groups excluding carboxylic acids is 2. The smallest absolute Gasteiger partial charge is 0.338 e. The van der Waals surface area contributed by atoms with Crippen molar-refractivity contribution in [3.05, 3.63) is 18.0 Å². The molecule has 8 nitrogen and oxygen atoms in total. The zero-order valence-corrected chi connectivity index (χ0v) is 12.5. The highest BCUT2D eigenvalue weighted by molar-refractivity contribution is 5.97. The Kier molecular flexibility index (Phi) is 4.26. The fourth-order valence-electron chi connectivity index (χ4n) is 2.70. The van der Waals surface area contributed by atoms with Crippen LogP contribution in [-0.2, 0) is 11.0 Å². The number of rotatable bonds is 2. The third-order valence-corrected chi connectivity index (χ3v) is 3.90. The Balaban J connectivity index is 1.63. The molecule has 3 heterocycles. The normalized spacial score (nSPS) is 23.0. The number of alkyl halides is 3. The van der Waals surface area contributed by atoms with Crippen LogP contribution in [0.5, 0.6) is 0 Å². The minimum absolute atomic E-state index is 0.0231. The van der Waals surface area contributed by atoms with E-state index in [4.69, 9.17) is 0 Å². The van der Waals surface area contributed by atoms with E-state index < -0.39 is 24.1 Å². The number of amides is 3. The highest BCUT2D eigenvalue weighted by Crippen LogP contribution is 2.28. The number of aromatic nitrogens is 2. The van der Waals surface area contributed by atoms with Gasteiger partial charge in [-0.05, 0) is 6.07 Å². The van der Waals surface area contributed by atoms with Crippen LogP contribution in [-0.4, -0.2) is 59.2 Å². The van der Waals surface area contributed by atoms with Gasteiger partial charge in [-0.25, -0.2) is 14.8 Å². The predicted molar refractivity (Wildman–Crippen MR) is 75.9 cm³/mol. The van der Waals surface area contributed by atoms with E-state index in [0.29, 0.717) is 26.2 Å². The quantitative estimate of drug-likeness (QED) is 0.795. The van der Waals surface area contributed by atoms with Crippen LogP contribution in [0.25, 0.3) is 0 Å². The van der Waals surface area contributed by atoms with Crippen LogP contribution < -0.4 is 15.5 Å². The van der Waals surface area contributed by atoms with E-state index in [9.17, 15) is 22.8 Å². The maximum atomic E-state index is 12.7. The van der Waals surface area contributed by atoms with Crippen LogP contribution in [0, 0.1) is 0 Å². The maximum absolute atomic E-state index is 12.7. The molecule has 2 saturated heterocycles. The maximum Gasteiger partial charge on any atom is 0.433 e. The Morgan fingerprint density at radius 1 is 1.17 bits per heavy atom. The Morgan fingerprint density at radius 2 is 1.88 bits per heavy atom. The molecule has 2 aliphatic rings. The van der Waals surface area contributed by atoms with E-state index in [1.54, 1.807) is 4.90 Å². The number of nitrogens with one attached hydrogen (secondary N) is 2. The fourth-order valence-corrected chi connectivity index (χ4v) is 2.70. The van der Waals surface area contributed by atoms with Crippen LogP contribution in [0.1, 0.15) is 12.1 Å². The zero-order chi connectivity index (χ0) is 17.3. The van der Waals surface area contributed by atoms with Crippen LogP contribution in [0.15, 0.2) is 12.3 Å². The lowest BCUT2D eigenvalue weighted by Crippen LogP contribution is -2.62. The average Bonchev–Trinajstić information content (AvgIpc) is 2.53. The van der Waals surface area contributed by atoms with Crippen molar-refractivity contribution in [2.45, 2.75) is 18.8 Å². The molecule has 1 unspecified atom stereocenters. The first-order chi connectivity index (χ1) is 11.3. The Bertz CT molecular complexity index is 629. The van der Waals surface area contributed by atoms with Crippen molar-refractivity contribution in [3.8, 4) is 0 Å². The minimum atomic E-state index is -4.51. The van der Waals surface area contributed by atoms with Gasteiger partial charge in [-0.15, -0.1) is 0 Å². The van der Waals surface area contributed by atoms with E-state index in [0.717, 1.165) is 12.3 Å². The number of hydrogen-bond acceptors (Lipinski definition) is 6. The van der Waals surface area contributed by atoms with Crippen molar-refractivity contribution in [2.75, 3.05) is 31.1 Å². The van der Waals surface area contributed by atoms with E-state index in [1.165, 1.54) is 0 Å². The summed E-state index contributed by atoms with van der Waals surface area (Å²) < 4.78 is 38.2. The second-order valence-electron chi connectivity index (χ2n) is 5.50. The van der Waals surface area contributed by atoms with Gasteiger partial charge in [-0.1, -0.05) is 0 Å². The molecule has 11 heteroatoms. The van der Waals surface area contributed by atoms with Gasteiger partial charge in [0.2, 0.25) is 11.9 Å². The van der Waals surface area contributed by atoms with Gasteiger partial charge >= 0.3 is 12.2 Å². The number of imide groups is 1. The molecule has 1 aromatic rings. The summed E-state index contributed by atoms with van der Waals surface area (Å²) in [6.07, 6.45) is -3.69. The monoisotopic (exact) mass is 344 g/mol. The zero-order valence-electron chi connectivity index (χ0n) is 12.5. The molecular formula is C13H15F3N6O2. The second-order valence-corrected chi connectivity index (χ2v) is 5.50. The molecule has 2 N–H and O–H groups in total. The molecule has 130 valence electrons. The lowest BCUT2D eigenvalue weighted by molar-refractivity contribution is -0.141. The number of carbonyl (C=O) groups is 2. The van der Waals surface area contributed by atoms with Crippen molar-refractivity contribution < 1.29 is 22.8 Å². The molecule has 3 rings (SSSR count). The highest BCUT2D eigenvalue weighted by atomic mass is 19.4. The van der Waals surface area contributed by atoms with Crippen LogP contribution in [0.3, 0.4) is 0 Å². The summed E-state index contributed by atoms with van der Waals surface area (Å²) in [6.45, 7) is 1.74. The number of hydrogen-bond donors (Lipinski definition) is 2. The summed E-state index contributed by atoms with van der Waals surface area (Å²) in [5, 5.41) is 4.81. The number of urea groups is 1. The van der Waals surface area contributed by atoms with Crippen molar-refractivity contribution in [1.82, 2.24) is 25.5 Å². The molecule has 24 heavy (non-hydrogen) atoms. The molecular weight excluding hydrogens is 329 g/mol. The first-order valence-electron chi connectivity index (χ1n) is 7.32. The van der Waals surface area contributed by atoms with Crippen LogP contribution >= 0.6 is 0 Å². The Morgan fingerprint density at radius 3 is 2.50 bits per heavy atom. The first kappa shape index (κ1) is 16.4. The molecule has 2 fully saturated rings. The van der Waals surface area contributed by atoms with E-state index in [-0.39, 0.29) is 18.3 Å². The molecule has 0 radical (unpaired) electrons. The average molecular weight is 344 g/mol. The molecule has 1 aromatic heterocycles. The molecule has 2 aliphatic heterocycles. The van der Waals surface area contributed by atoms with E-state index in [2.05, 4.69) is 20.6 Å². The standard InChI is InChI=1S/C13H15F3N6O2/c14-13(15,16)8-1-2-17-11(18-8)22-5-3-21(4-6-22)9-7-10(23)20-12(24)19-9/h1-2,9H,3-7H2,(H2,19,20,23,24). The molecule has 1 atom stereocenters. The van der Waals surface area contributed by atoms with E-state index >= 15 is 0 Å². The van der Waals surface area contributed by atoms with Gasteiger partial charge in [0.15, 0.2) is 0 Å². The summed E-state index contributed by atoms with van der Waals surface area (Å²) >= 11 is 0. The van der Waals surface area contributed by atoms with Gasteiger partial charge in [0.25, 0.3) is 0 Å². The highest BCUT2D eigenvalue weighted by Gasteiger charge is 2.34. The number of anilines is 1. The van der Waals surface area contributed by atoms with Crippen molar-refractivity contribution in [2.24, 2.45) is 0 Å². The summed E-state index contributed by atoms with van der Waals surface area (Å²) in [5.41, 5.74) is -0.980. The van der Waals surface area contributed by atoms with Gasteiger partial charge in [0, 0.05) is 32.4 Å². The number of halogens is 3. The lowest BCUT2D eigenvalue weighted by Gasteiger charge is -2.40. The third-order valence-electron chi connectivity index (χ3n) is 3.90. The fraction of sp³-hybridized carbons (Fsp3) is 0.538. The molecule has 0 bridgehead atoms. The summed E-state index contributed by atoms with van der Waals surface area (Å²) in [6, 6.07) is 0.288. The van der Waals surface area contributed by atoms with Gasteiger partial charge in [0.05, 0.1) is 12.6 Å². The molecule has 0 spiro atoms. The summed E-state index contributed by atoms with van der Waals surface area (Å²) in [4.78, 5) is 33.8. The predicted octanol–water partition coefficient (Wildman–Crippen LogP) is 0.173. The first-order valence-corrected chi connectivity index (χ1v) is 7.32. The number of piperazine rings is 1. The summed E-state index contributed by atoms with van der Waals surface area (Å²) in [7, 11) is 0. The van der Waals surface area contributed by atoms with Crippen molar-refractivity contribution in [1.29, 1.82) is 0 Å². The summed E-state index contributed by atoms with van der Waals surface area (Å²) in [5.74, 6) is -0.331. The van der Waals surface area contributed by atoms with E-state index in [1.807, 2.05) is 4.90 Å². The van der Waals surface area contributed by atoms with Crippen LogP contribution in [0.4, 0.5) is 23.9 Å². The second kappa shape index (κ2) is 6.23. The molecule has 0 aliphatic carbocycles. The Labute approximate surface area is 135 Å². The molecule has 0 aromatic carbocycles. The topological polar surface area (TPSA) is 90.5 Å². The van der Waals surface area contributed by atoms with Gasteiger partial charge in [-0.2, -0.15) is 13.2 Å². The van der Waals surface area contributed by atoms with Crippen molar-refractivity contribution >= 4 is 17.9 Å². The Hall–Kier alpha value is -2.43. The molecule has 3 amide bonds. The third kappa shape index (κ3) is 3.55. The minimum Gasteiger partial charge on any atom is -0.338 e. The SMILES string of the molecule is O=C1CC(N2CCN(c3nccc(C(F)(F)F)n3)CC2)NC(=O)N1. The van der Waals surface area contributed by atoms with Crippen molar-refractivity contribution in [3.63, 3.8) is 0 Å². The van der Waals surface area contributed by atoms with Crippen LogP contribution in [0.2, 0.25) is 0 Å². The lowest BCUT2D eigenvalue weighted by atomic mass is 10.2. The largest absolute Gasteiger partial charge is 0.433 e.